The van der Waals surface area contributed by atoms with Gasteiger partial charge in [-0.3, -0.25) is 4.79 Å². The SMILES string of the molecule is CCC(C)(NC(=O)CC1CC2CCC(C1)N2)c1nccs1. The highest BCUT2D eigenvalue weighted by Gasteiger charge is 2.35. The maximum atomic E-state index is 12.5. The van der Waals surface area contributed by atoms with Crippen molar-refractivity contribution in [3.8, 4) is 0 Å². The van der Waals surface area contributed by atoms with Crippen LogP contribution in [0.25, 0.3) is 0 Å². The van der Waals surface area contributed by atoms with Crippen molar-refractivity contribution >= 4 is 17.2 Å². The minimum atomic E-state index is -0.322. The molecule has 3 unspecified atom stereocenters. The number of amides is 1. The molecule has 2 saturated heterocycles. The number of hydrogen-bond acceptors (Lipinski definition) is 4. The first-order valence-electron chi connectivity index (χ1n) is 8.06. The highest BCUT2D eigenvalue weighted by molar-refractivity contribution is 7.09. The second kappa shape index (κ2) is 6.05. The molecule has 2 fully saturated rings. The third-order valence-electron chi connectivity index (χ3n) is 5.07. The number of carbonyl (C=O) groups is 1. The Morgan fingerprint density at radius 2 is 2.19 bits per heavy atom. The van der Waals surface area contributed by atoms with Crippen molar-refractivity contribution in [2.24, 2.45) is 5.92 Å². The van der Waals surface area contributed by atoms with Gasteiger partial charge in [-0.25, -0.2) is 4.98 Å². The van der Waals surface area contributed by atoms with E-state index < -0.39 is 0 Å². The van der Waals surface area contributed by atoms with E-state index in [0.29, 0.717) is 24.4 Å². The van der Waals surface area contributed by atoms with Crippen LogP contribution in [0.5, 0.6) is 0 Å². The van der Waals surface area contributed by atoms with Gasteiger partial charge in [0, 0.05) is 30.1 Å². The van der Waals surface area contributed by atoms with Crippen LogP contribution in [0.2, 0.25) is 0 Å². The van der Waals surface area contributed by atoms with Gasteiger partial charge in [0.05, 0.1) is 5.54 Å². The fraction of sp³-hybridized carbons (Fsp3) is 0.750. The summed E-state index contributed by atoms with van der Waals surface area (Å²) in [6, 6.07) is 1.30. The van der Waals surface area contributed by atoms with Crippen LogP contribution in [0.4, 0.5) is 0 Å². The second-order valence-corrected chi connectivity index (χ2v) is 7.65. The number of fused-ring (bicyclic) bond motifs is 2. The van der Waals surface area contributed by atoms with E-state index in [4.69, 9.17) is 0 Å². The molecule has 1 aromatic rings. The molecule has 3 rings (SSSR count). The largest absolute Gasteiger partial charge is 0.344 e. The molecule has 21 heavy (non-hydrogen) atoms. The van der Waals surface area contributed by atoms with Crippen LogP contribution in [-0.2, 0) is 10.3 Å². The fourth-order valence-corrected chi connectivity index (χ4v) is 4.58. The zero-order valence-electron chi connectivity index (χ0n) is 12.9. The van der Waals surface area contributed by atoms with Crippen molar-refractivity contribution in [3.05, 3.63) is 16.6 Å². The summed E-state index contributed by atoms with van der Waals surface area (Å²) in [6.07, 6.45) is 8.22. The first-order valence-corrected chi connectivity index (χ1v) is 8.94. The molecular weight excluding hydrogens is 282 g/mol. The van der Waals surface area contributed by atoms with Crippen LogP contribution >= 0.6 is 11.3 Å². The van der Waals surface area contributed by atoms with Gasteiger partial charge in [0.2, 0.25) is 5.91 Å². The normalized spacial score (nSPS) is 30.9. The van der Waals surface area contributed by atoms with Crippen molar-refractivity contribution in [2.45, 2.75) is 70.0 Å². The maximum absolute atomic E-state index is 12.5. The molecule has 0 aromatic carbocycles. The Labute approximate surface area is 130 Å². The number of carbonyl (C=O) groups excluding carboxylic acids is 1. The second-order valence-electron chi connectivity index (χ2n) is 6.75. The summed E-state index contributed by atoms with van der Waals surface area (Å²) in [6.45, 7) is 4.18. The molecule has 116 valence electrons. The number of thiazole rings is 1. The molecule has 3 heterocycles. The van der Waals surface area contributed by atoms with Gasteiger partial charge < -0.3 is 10.6 Å². The van der Waals surface area contributed by atoms with E-state index in [1.54, 1.807) is 11.3 Å². The predicted molar refractivity (Wildman–Crippen MR) is 85.2 cm³/mol. The summed E-state index contributed by atoms with van der Waals surface area (Å²) >= 11 is 1.62. The number of aromatic nitrogens is 1. The molecule has 3 atom stereocenters. The zero-order chi connectivity index (χ0) is 14.9. The van der Waals surface area contributed by atoms with Gasteiger partial charge in [-0.2, -0.15) is 0 Å². The van der Waals surface area contributed by atoms with Crippen LogP contribution in [0, 0.1) is 5.92 Å². The standard InChI is InChI=1S/C16H25N3OS/c1-3-16(2,15-17-6-7-21-15)19-14(20)10-11-8-12-4-5-13(9-11)18-12/h6-7,11-13,18H,3-5,8-10H2,1-2H3,(H,19,20). The first kappa shape index (κ1) is 15.0. The van der Waals surface area contributed by atoms with E-state index in [9.17, 15) is 4.79 Å². The Kier molecular flexibility index (Phi) is 4.31. The average molecular weight is 307 g/mol. The van der Waals surface area contributed by atoms with Gasteiger partial charge in [0.1, 0.15) is 5.01 Å². The predicted octanol–water partition coefficient (Wildman–Crippen LogP) is 2.81. The van der Waals surface area contributed by atoms with E-state index in [1.807, 2.05) is 11.6 Å². The van der Waals surface area contributed by atoms with Crippen molar-refractivity contribution in [2.75, 3.05) is 0 Å². The van der Waals surface area contributed by atoms with Crippen LogP contribution in [0.3, 0.4) is 0 Å². The third-order valence-corrected chi connectivity index (χ3v) is 6.11. The molecule has 2 aliphatic heterocycles. The Morgan fingerprint density at radius 1 is 1.48 bits per heavy atom. The van der Waals surface area contributed by atoms with Crippen LogP contribution in [0.1, 0.15) is 57.4 Å². The number of nitrogens with zero attached hydrogens (tertiary/aromatic N) is 1. The van der Waals surface area contributed by atoms with E-state index in [0.717, 1.165) is 24.3 Å². The number of piperidine rings is 1. The lowest BCUT2D eigenvalue weighted by molar-refractivity contribution is -0.124. The molecule has 0 aliphatic carbocycles. The molecule has 1 amide bonds. The highest BCUT2D eigenvalue weighted by Crippen LogP contribution is 2.33. The molecular formula is C16H25N3OS. The Morgan fingerprint density at radius 3 is 2.76 bits per heavy atom. The van der Waals surface area contributed by atoms with E-state index in [-0.39, 0.29) is 11.4 Å². The lowest BCUT2D eigenvalue weighted by atomic mass is 9.89. The Balaban J connectivity index is 1.58. The lowest BCUT2D eigenvalue weighted by Crippen LogP contribution is -2.45. The molecule has 0 radical (unpaired) electrons. The van der Waals surface area contributed by atoms with Crippen LogP contribution in [0.15, 0.2) is 11.6 Å². The quantitative estimate of drug-likeness (QED) is 0.879. The number of nitrogens with one attached hydrogen (secondary N) is 2. The van der Waals surface area contributed by atoms with Gasteiger partial charge >= 0.3 is 0 Å². The summed E-state index contributed by atoms with van der Waals surface area (Å²) in [5, 5.41) is 9.84. The Bertz CT molecular complexity index is 478. The zero-order valence-corrected chi connectivity index (χ0v) is 13.7. The molecule has 0 saturated carbocycles. The van der Waals surface area contributed by atoms with Gasteiger partial charge in [0.25, 0.3) is 0 Å². The topological polar surface area (TPSA) is 54.0 Å². The maximum Gasteiger partial charge on any atom is 0.221 e. The minimum absolute atomic E-state index is 0.181. The third kappa shape index (κ3) is 3.29. The fourth-order valence-electron chi connectivity index (χ4n) is 3.75. The summed E-state index contributed by atoms with van der Waals surface area (Å²) in [5.74, 6) is 0.724. The van der Waals surface area contributed by atoms with E-state index in [1.165, 1.54) is 12.8 Å². The summed E-state index contributed by atoms with van der Waals surface area (Å²) in [4.78, 5) is 16.8. The van der Waals surface area contributed by atoms with Crippen LogP contribution < -0.4 is 10.6 Å². The van der Waals surface area contributed by atoms with Gasteiger partial charge in [-0.15, -0.1) is 11.3 Å². The summed E-state index contributed by atoms with van der Waals surface area (Å²) < 4.78 is 0. The summed E-state index contributed by atoms with van der Waals surface area (Å²) in [5.41, 5.74) is -0.322. The molecule has 2 N–H and O–H groups in total. The Hall–Kier alpha value is -0.940. The van der Waals surface area contributed by atoms with Gasteiger partial charge in [0.15, 0.2) is 0 Å². The highest BCUT2D eigenvalue weighted by atomic mass is 32.1. The minimum Gasteiger partial charge on any atom is -0.344 e. The first-order chi connectivity index (χ1) is 10.1. The van der Waals surface area contributed by atoms with Crippen LogP contribution in [-0.4, -0.2) is 23.0 Å². The number of hydrogen-bond donors (Lipinski definition) is 2. The molecule has 1 aromatic heterocycles. The molecule has 4 nitrogen and oxygen atoms in total. The molecule has 0 spiro atoms. The molecule has 2 bridgehead atoms. The van der Waals surface area contributed by atoms with Gasteiger partial charge in [-0.05, 0) is 44.9 Å². The van der Waals surface area contributed by atoms with E-state index >= 15 is 0 Å². The average Bonchev–Trinajstić information content (AvgIpc) is 3.09. The van der Waals surface area contributed by atoms with Crippen molar-refractivity contribution in [3.63, 3.8) is 0 Å². The van der Waals surface area contributed by atoms with Gasteiger partial charge in [-0.1, -0.05) is 6.92 Å². The number of rotatable bonds is 5. The summed E-state index contributed by atoms with van der Waals surface area (Å²) in [7, 11) is 0. The van der Waals surface area contributed by atoms with Crippen molar-refractivity contribution in [1.82, 2.24) is 15.6 Å². The smallest absolute Gasteiger partial charge is 0.221 e. The van der Waals surface area contributed by atoms with Crippen molar-refractivity contribution in [1.29, 1.82) is 0 Å². The molecule has 2 aliphatic rings. The molecule has 5 heteroatoms. The lowest BCUT2D eigenvalue weighted by Gasteiger charge is -2.31. The van der Waals surface area contributed by atoms with E-state index in [2.05, 4.69) is 29.5 Å². The monoisotopic (exact) mass is 307 g/mol. The van der Waals surface area contributed by atoms with Crippen molar-refractivity contribution < 1.29 is 4.79 Å².